The van der Waals surface area contributed by atoms with Gasteiger partial charge in [0.05, 0.1) is 22.3 Å². The van der Waals surface area contributed by atoms with Crippen molar-refractivity contribution < 1.29 is 13.2 Å². The Hall–Kier alpha value is -1.27. The van der Waals surface area contributed by atoms with Crippen LogP contribution in [0.15, 0.2) is 29.8 Å². The molecule has 2 rings (SSSR count). The molecule has 0 saturated carbocycles. The molecule has 1 atom stereocenters. The van der Waals surface area contributed by atoms with E-state index in [0.29, 0.717) is 5.69 Å². The van der Waals surface area contributed by atoms with E-state index in [4.69, 9.17) is 11.6 Å². The Balaban J connectivity index is 2.18. The minimum atomic E-state index is -4.39. The van der Waals surface area contributed by atoms with Crippen LogP contribution in [-0.2, 0) is 6.18 Å². The number of nitrogens with zero attached hydrogens (tertiary/aromatic N) is 1. The number of alkyl halides is 3. The fourth-order valence-electron chi connectivity index (χ4n) is 1.55. The maximum Gasteiger partial charge on any atom is 0.416 e. The molecule has 19 heavy (non-hydrogen) atoms. The fraction of sp³-hybridized carbons (Fsp3) is 0.250. The van der Waals surface area contributed by atoms with Crippen LogP contribution in [0.5, 0.6) is 0 Å². The van der Waals surface area contributed by atoms with Gasteiger partial charge in [0.2, 0.25) is 0 Å². The lowest BCUT2D eigenvalue weighted by Gasteiger charge is -2.15. The first-order valence-electron chi connectivity index (χ1n) is 5.40. The molecule has 0 aliphatic heterocycles. The molecular weight excluding hydrogens is 297 g/mol. The number of anilines is 1. The predicted octanol–water partition coefficient (Wildman–Crippen LogP) is 4.99. The van der Waals surface area contributed by atoms with Gasteiger partial charge in [-0.05, 0) is 25.1 Å². The minimum absolute atomic E-state index is 0.0400. The van der Waals surface area contributed by atoms with Gasteiger partial charge < -0.3 is 5.32 Å². The second-order valence-corrected chi connectivity index (χ2v) is 5.26. The monoisotopic (exact) mass is 306 g/mol. The number of thiazole rings is 1. The Labute approximate surface area is 117 Å². The van der Waals surface area contributed by atoms with Gasteiger partial charge in [-0.3, -0.25) is 0 Å². The highest BCUT2D eigenvalue weighted by Crippen LogP contribution is 2.34. The first-order chi connectivity index (χ1) is 8.88. The van der Waals surface area contributed by atoms with Crippen molar-refractivity contribution in [1.29, 1.82) is 0 Å². The van der Waals surface area contributed by atoms with Crippen molar-refractivity contribution in [3.8, 4) is 0 Å². The second kappa shape index (κ2) is 5.38. The lowest BCUT2D eigenvalue weighted by molar-refractivity contribution is -0.137. The topological polar surface area (TPSA) is 24.9 Å². The Morgan fingerprint density at radius 3 is 2.63 bits per heavy atom. The third-order valence-corrected chi connectivity index (χ3v) is 3.76. The number of hydrogen-bond donors (Lipinski definition) is 1. The van der Waals surface area contributed by atoms with Crippen LogP contribution in [0, 0.1) is 0 Å². The molecule has 102 valence electrons. The summed E-state index contributed by atoms with van der Waals surface area (Å²) < 4.78 is 37.5. The molecule has 7 heteroatoms. The zero-order chi connectivity index (χ0) is 14.0. The molecule has 1 unspecified atom stereocenters. The molecule has 0 radical (unpaired) electrons. The van der Waals surface area contributed by atoms with E-state index in [1.54, 1.807) is 6.20 Å². The molecule has 2 aromatic rings. The highest BCUT2D eigenvalue weighted by atomic mass is 35.5. The summed E-state index contributed by atoms with van der Waals surface area (Å²) in [6, 6.07) is 3.13. The van der Waals surface area contributed by atoms with Gasteiger partial charge >= 0.3 is 6.18 Å². The van der Waals surface area contributed by atoms with Crippen molar-refractivity contribution in [1.82, 2.24) is 4.98 Å². The summed E-state index contributed by atoms with van der Waals surface area (Å²) in [4.78, 5) is 4.13. The third kappa shape index (κ3) is 3.39. The highest BCUT2D eigenvalue weighted by molar-refractivity contribution is 7.09. The van der Waals surface area contributed by atoms with Crippen LogP contribution in [0.4, 0.5) is 18.9 Å². The predicted molar refractivity (Wildman–Crippen MR) is 70.6 cm³/mol. The third-order valence-electron chi connectivity index (χ3n) is 2.49. The van der Waals surface area contributed by atoms with Gasteiger partial charge in [-0.15, -0.1) is 11.3 Å². The normalized spacial score (nSPS) is 13.3. The molecule has 1 aromatic carbocycles. The van der Waals surface area contributed by atoms with Crippen LogP contribution in [0.3, 0.4) is 0 Å². The van der Waals surface area contributed by atoms with Gasteiger partial charge in [0.1, 0.15) is 5.01 Å². The minimum Gasteiger partial charge on any atom is -0.375 e. The van der Waals surface area contributed by atoms with Crippen LogP contribution in [0.2, 0.25) is 5.02 Å². The second-order valence-electron chi connectivity index (χ2n) is 3.93. The van der Waals surface area contributed by atoms with Crippen molar-refractivity contribution in [2.75, 3.05) is 5.32 Å². The molecule has 0 bridgehead atoms. The molecule has 0 amide bonds. The van der Waals surface area contributed by atoms with Crippen LogP contribution in [0.1, 0.15) is 23.5 Å². The Morgan fingerprint density at radius 2 is 2.11 bits per heavy atom. The molecule has 0 spiro atoms. The number of halogens is 4. The Kier molecular flexibility index (Phi) is 4.01. The lowest BCUT2D eigenvalue weighted by Crippen LogP contribution is -2.08. The van der Waals surface area contributed by atoms with Crippen LogP contribution < -0.4 is 5.32 Å². The molecular formula is C12H10ClF3N2S. The van der Waals surface area contributed by atoms with Gasteiger partial charge in [-0.25, -0.2) is 4.98 Å². The van der Waals surface area contributed by atoms with Crippen molar-refractivity contribution in [2.45, 2.75) is 19.1 Å². The molecule has 1 N–H and O–H groups in total. The van der Waals surface area contributed by atoms with Gasteiger partial charge in [0, 0.05) is 11.6 Å². The summed E-state index contributed by atoms with van der Waals surface area (Å²) in [6.45, 7) is 1.87. The SMILES string of the molecule is CC(Nc1ccc(C(F)(F)F)cc1Cl)c1nccs1. The van der Waals surface area contributed by atoms with Crippen LogP contribution >= 0.6 is 22.9 Å². The first kappa shape index (κ1) is 14.1. The standard InChI is InChI=1S/C12H10ClF3N2S/c1-7(11-17-4-5-19-11)18-10-3-2-8(6-9(10)13)12(14,15)16/h2-7,18H,1H3. The van der Waals surface area contributed by atoms with E-state index >= 15 is 0 Å². The summed E-state index contributed by atoms with van der Waals surface area (Å²) in [5, 5.41) is 5.76. The summed E-state index contributed by atoms with van der Waals surface area (Å²) in [5.74, 6) is 0. The van der Waals surface area contributed by atoms with Crippen LogP contribution in [-0.4, -0.2) is 4.98 Å². The molecule has 1 heterocycles. The Morgan fingerprint density at radius 1 is 1.37 bits per heavy atom. The van der Waals surface area contributed by atoms with Gasteiger partial charge in [0.15, 0.2) is 0 Å². The lowest BCUT2D eigenvalue weighted by atomic mass is 10.2. The van der Waals surface area contributed by atoms with Gasteiger partial charge in [-0.1, -0.05) is 11.6 Å². The summed E-state index contributed by atoms with van der Waals surface area (Å²) in [5.41, 5.74) is -0.303. The van der Waals surface area contributed by atoms with Crippen molar-refractivity contribution in [3.63, 3.8) is 0 Å². The zero-order valence-corrected chi connectivity index (χ0v) is 11.4. The summed E-state index contributed by atoms with van der Waals surface area (Å²) >= 11 is 7.33. The van der Waals surface area contributed by atoms with Gasteiger partial charge in [0.25, 0.3) is 0 Å². The van der Waals surface area contributed by atoms with Crippen LogP contribution in [0.25, 0.3) is 0 Å². The smallest absolute Gasteiger partial charge is 0.375 e. The van der Waals surface area contributed by atoms with Crippen molar-refractivity contribution in [3.05, 3.63) is 45.4 Å². The quantitative estimate of drug-likeness (QED) is 0.864. The van der Waals surface area contributed by atoms with Gasteiger partial charge in [-0.2, -0.15) is 13.2 Å². The fourth-order valence-corrected chi connectivity index (χ4v) is 2.43. The van der Waals surface area contributed by atoms with Crippen molar-refractivity contribution >= 4 is 28.6 Å². The van der Waals surface area contributed by atoms with E-state index in [-0.39, 0.29) is 11.1 Å². The first-order valence-corrected chi connectivity index (χ1v) is 6.66. The number of aromatic nitrogens is 1. The van der Waals surface area contributed by atoms with E-state index in [9.17, 15) is 13.2 Å². The average molecular weight is 307 g/mol. The molecule has 0 aliphatic rings. The number of nitrogens with one attached hydrogen (secondary N) is 1. The van der Waals surface area contributed by atoms with E-state index in [1.165, 1.54) is 17.4 Å². The molecule has 0 fully saturated rings. The summed E-state index contributed by atoms with van der Waals surface area (Å²) in [6.07, 6.45) is -2.71. The molecule has 2 nitrogen and oxygen atoms in total. The van der Waals surface area contributed by atoms with E-state index in [0.717, 1.165) is 17.1 Å². The maximum atomic E-state index is 12.5. The Bertz CT molecular complexity index is 555. The summed E-state index contributed by atoms with van der Waals surface area (Å²) in [7, 11) is 0. The molecule has 0 saturated heterocycles. The van der Waals surface area contributed by atoms with E-state index in [2.05, 4.69) is 10.3 Å². The van der Waals surface area contributed by atoms with Crippen molar-refractivity contribution in [2.24, 2.45) is 0 Å². The highest BCUT2D eigenvalue weighted by Gasteiger charge is 2.30. The zero-order valence-electron chi connectivity index (χ0n) is 9.83. The largest absolute Gasteiger partial charge is 0.416 e. The van der Waals surface area contributed by atoms with E-state index < -0.39 is 11.7 Å². The number of rotatable bonds is 3. The maximum absolute atomic E-state index is 12.5. The average Bonchev–Trinajstić information content (AvgIpc) is 2.84. The molecule has 0 aliphatic carbocycles. The van der Waals surface area contributed by atoms with E-state index in [1.807, 2.05) is 12.3 Å². The number of benzene rings is 1. The molecule has 1 aromatic heterocycles. The number of hydrogen-bond acceptors (Lipinski definition) is 3.